The molecule has 0 radical (unpaired) electrons. The Morgan fingerprint density at radius 1 is 1.47 bits per heavy atom. The van der Waals surface area contributed by atoms with Crippen LogP contribution in [-0.4, -0.2) is 11.9 Å². The summed E-state index contributed by atoms with van der Waals surface area (Å²) in [6.07, 6.45) is 0.672. The monoisotopic (exact) mass is 254 g/mol. The van der Waals surface area contributed by atoms with Crippen LogP contribution in [0, 0.1) is 12.8 Å². The van der Waals surface area contributed by atoms with E-state index in [1.807, 2.05) is 26.8 Å². The summed E-state index contributed by atoms with van der Waals surface area (Å²) >= 11 is 5.98. The quantitative estimate of drug-likeness (QED) is 0.868. The minimum Gasteiger partial charge on any atom is -0.324 e. The van der Waals surface area contributed by atoms with Crippen molar-refractivity contribution in [2.24, 2.45) is 11.7 Å². The van der Waals surface area contributed by atoms with Gasteiger partial charge in [-0.2, -0.15) is 0 Å². The fraction of sp³-hybridized carbons (Fsp3) is 0.462. The van der Waals surface area contributed by atoms with E-state index >= 15 is 0 Å². The molecule has 0 saturated heterocycles. The number of anilines is 1. The van der Waals surface area contributed by atoms with Crippen LogP contribution < -0.4 is 11.1 Å². The number of halogens is 1. The van der Waals surface area contributed by atoms with Gasteiger partial charge in [0.2, 0.25) is 5.91 Å². The molecule has 0 unspecified atom stereocenters. The van der Waals surface area contributed by atoms with E-state index in [1.54, 1.807) is 12.1 Å². The highest BCUT2D eigenvalue weighted by Crippen LogP contribution is 2.23. The summed E-state index contributed by atoms with van der Waals surface area (Å²) in [6.45, 7) is 5.95. The Hall–Kier alpha value is -1.06. The van der Waals surface area contributed by atoms with Crippen molar-refractivity contribution in [3.05, 3.63) is 28.8 Å². The average molecular weight is 255 g/mol. The lowest BCUT2D eigenvalue weighted by Gasteiger charge is -2.15. The van der Waals surface area contributed by atoms with Crippen LogP contribution in [0.3, 0.4) is 0 Å². The van der Waals surface area contributed by atoms with E-state index in [2.05, 4.69) is 5.32 Å². The molecule has 0 aromatic heterocycles. The molecule has 0 heterocycles. The maximum atomic E-state index is 11.8. The van der Waals surface area contributed by atoms with Gasteiger partial charge in [-0.15, -0.1) is 0 Å². The molecule has 0 aliphatic rings. The van der Waals surface area contributed by atoms with Crippen molar-refractivity contribution < 1.29 is 4.79 Å². The standard InChI is InChI=1S/C13H19ClN2O/c1-8(2)7-11(15)13(17)16-12-6-4-5-10(14)9(12)3/h4-6,8,11H,7,15H2,1-3H3,(H,16,17)/t11-/m0/s1. The van der Waals surface area contributed by atoms with Crippen molar-refractivity contribution in [1.29, 1.82) is 0 Å². The fourth-order valence-corrected chi connectivity index (χ4v) is 1.76. The minimum atomic E-state index is -0.478. The predicted octanol–water partition coefficient (Wildman–Crippen LogP) is 2.96. The van der Waals surface area contributed by atoms with Gasteiger partial charge in [0, 0.05) is 10.7 Å². The van der Waals surface area contributed by atoms with E-state index in [-0.39, 0.29) is 5.91 Å². The first-order valence-electron chi connectivity index (χ1n) is 5.73. The molecule has 1 rings (SSSR count). The van der Waals surface area contributed by atoms with E-state index < -0.39 is 6.04 Å². The summed E-state index contributed by atoms with van der Waals surface area (Å²) in [6, 6.07) is 4.94. The second-order valence-electron chi connectivity index (χ2n) is 4.64. The van der Waals surface area contributed by atoms with Gasteiger partial charge in [0.05, 0.1) is 6.04 Å². The Morgan fingerprint density at radius 2 is 2.12 bits per heavy atom. The SMILES string of the molecule is Cc1c(Cl)cccc1NC(=O)[C@@H](N)CC(C)C. The Bertz CT molecular complexity index is 404. The minimum absolute atomic E-state index is 0.163. The number of carbonyl (C=O) groups excluding carboxylic acids is 1. The topological polar surface area (TPSA) is 55.1 Å². The number of rotatable bonds is 4. The normalized spacial score (nSPS) is 12.6. The highest BCUT2D eigenvalue weighted by atomic mass is 35.5. The summed E-state index contributed by atoms with van der Waals surface area (Å²) in [5.74, 6) is 0.236. The predicted molar refractivity (Wildman–Crippen MR) is 72.2 cm³/mol. The zero-order valence-electron chi connectivity index (χ0n) is 10.5. The molecule has 0 saturated carbocycles. The second-order valence-corrected chi connectivity index (χ2v) is 5.04. The van der Waals surface area contributed by atoms with Crippen LogP contribution >= 0.6 is 11.6 Å². The zero-order valence-corrected chi connectivity index (χ0v) is 11.2. The molecule has 17 heavy (non-hydrogen) atoms. The van der Waals surface area contributed by atoms with Gasteiger partial charge in [-0.3, -0.25) is 4.79 Å². The van der Waals surface area contributed by atoms with Crippen LogP contribution in [0.4, 0.5) is 5.69 Å². The largest absolute Gasteiger partial charge is 0.324 e. The first-order chi connectivity index (χ1) is 7.91. The van der Waals surface area contributed by atoms with Crippen LogP contribution in [0.1, 0.15) is 25.8 Å². The Labute approximate surface area is 107 Å². The van der Waals surface area contributed by atoms with E-state index in [4.69, 9.17) is 17.3 Å². The lowest BCUT2D eigenvalue weighted by atomic mass is 10.0. The Morgan fingerprint density at radius 3 is 2.71 bits per heavy atom. The molecule has 0 fully saturated rings. The van der Waals surface area contributed by atoms with Crippen molar-refractivity contribution >= 4 is 23.2 Å². The number of nitrogens with two attached hydrogens (primary N) is 1. The van der Waals surface area contributed by atoms with Crippen molar-refractivity contribution in [3.63, 3.8) is 0 Å². The molecule has 0 bridgehead atoms. The van der Waals surface area contributed by atoms with Gasteiger partial charge in [-0.1, -0.05) is 31.5 Å². The summed E-state index contributed by atoms with van der Waals surface area (Å²) in [5, 5.41) is 3.45. The van der Waals surface area contributed by atoms with Crippen molar-refractivity contribution in [3.8, 4) is 0 Å². The highest BCUT2D eigenvalue weighted by Gasteiger charge is 2.16. The van der Waals surface area contributed by atoms with Crippen LogP contribution in [0.15, 0.2) is 18.2 Å². The first-order valence-corrected chi connectivity index (χ1v) is 6.11. The van der Waals surface area contributed by atoms with E-state index in [9.17, 15) is 4.79 Å². The number of amides is 1. The molecule has 0 spiro atoms. The number of hydrogen-bond acceptors (Lipinski definition) is 2. The third-order valence-electron chi connectivity index (χ3n) is 2.59. The molecule has 3 N–H and O–H groups in total. The lowest BCUT2D eigenvalue weighted by Crippen LogP contribution is -2.36. The molecular weight excluding hydrogens is 236 g/mol. The molecule has 94 valence electrons. The van der Waals surface area contributed by atoms with E-state index in [0.29, 0.717) is 17.4 Å². The third kappa shape index (κ3) is 4.02. The Kier molecular flexibility index (Phi) is 4.97. The van der Waals surface area contributed by atoms with Crippen LogP contribution in [0.5, 0.6) is 0 Å². The van der Waals surface area contributed by atoms with Gasteiger partial charge < -0.3 is 11.1 Å². The maximum absolute atomic E-state index is 11.8. The molecule has 1 amide bonds. The van der Waals surface area contributed by atoms with Crippen molar-refractivity contribution in [2.75, 3.05) is 5.32 Å². The molecule has 3 nitrogen and oxygen atoms in total. The summed E-state index contributed by atoms with van der Waals surface area (Å²) < 4.78 is 0. The first kappa shape index (κ1) is 14.0. The van der Waals surface area contributed by atoms with Crippen LogP contribution in [0.2, 0.25) is 5.02 Å². The molecule has 4 heteroatoms. The number of carbonyl (C=O) groups is 1. The average Bonchev–Trinajstić information content (AvgIpc) is 2.23. The Balaban J connectivity index is 2.71. The van der Waals surface area contributed by atoms with Gasteiger partial charge in [-0.05, 0) is 37.0 Å². The van der Waals surface area contributed by atoms with Gasteiger partial charge in [0.1, 0.15) is 0 Å². The zero-order chi connectivity index (χ0) is 13.0. The van der Waals surface area contributed by atoms with Crippen LogP contribution in [0.25, 0.3) is 0 Å². The molecule has 1 atom stereocenters. The van der Waals surface area contributed by atoms with E-state index in [0.717, 1.165) is 11.3 Å². The smallest absolute Gasteiger partial charge is 0.241 e. The van der Waals surface area contributed by atoms with E-state index in [1.165, 1.54) is 0 Å². The molecule has 1 aromatic rings. The fourth-order valence-electron chi connectivity index (χ4n) is 1.58. The van der Waals surface area contributed by atoms with Gasteiger partial charge in [-0.25, -0.2) is 0 Å². The molecule has 1 aromatic carbocycles. The summed E-state index contributed by atoms with van der Waals surface area (Å²) in [5.41, 5.74) is 7.39. The summed E-state index contributed by atoms with van der Waals surface area (Å²) in [7, 11) is 0. The highest BCUT2D eigenvalue weighted by molar-refractivity contribution is 6.31. The third-order valence-corrected chi connectivity index (χ3v) is 3.00. The molecule has 0 aliphatic heterocycles. The second kappa shape index (κ2) is 6.03. The molecular formula is C13H19ClN2O. The lowest BCUT2D eigenvalue weighted by molar-refractivity contribution is -0.117. The maximum Gasteiger partial charge on any atom is 0.241 e. The van der Waals surface area contributed by atoms with Crippen LogP contribution in [-0.2, 0) is 4.79 Å². The number of nitrogens with one attached hydrogen (secondary N) is 1. The van der Waals surface area contributed by atoms with Crippen molar-refractivity contribution in [1.82, 2.24) is 0 Å². The van der Waals surface area contributed by atoms with Crippen molar-refractivity contribution in [2.45, 2.75) is 33.2 Å². The summed E-state index contributed by atoms with van der Waals surface area (Å²) in [4.78, 5) is 11.8. The molecule has 0 aliphatic carbocycles. The van der Waals surface area contributed by atoms with Gasteiger partial charge >= 0.3 is 0 Å². The number of benzene rings is 1. The van der Waals surface area contributed by atoms with Gasteiger partial charge in [0.15, 0.2) is 0 Å². The number of hydrogen-bond donors (Lipinski definition) is 2. The van der Waals surface area contributed by atoms with Gasteiger partial charge in [0.25, 0.3) is 0 Å².